The Kier molecular flexibility index (Phi) is 10.3. The first-order valence-electron chi connectivity index (χ1n) is 20.3. The average Bonchev–Trinajstić information content (AvgIpc) is 3.37. The number of aromatic nitrogens is 6. The third kappa shape index (κ3) is 7.66. The summed E-state index contributed by atoms with van der Waals surface area (Å²) in [6.07, 6.45) is 5.83. The third-order valence-corrected chi connectivity index (χ3v) is 10.7. The summed E-state index contributed by atoms with van der Waals surface area (Å²) in [5.41, 5.74) is 12.1. The van der Waals surface area contributed by atoms with Gasteiger partial charge in [-0.15, -0.1) is 6.42 Å². The van der Waals surface area contributed by atoms with E-state index in [1.54, 1.807) is 0 Å². The molecule has 290 valence electrons. The first-order chi connectivity index (χ1) is 30.7. The topological polar surface area (TPSA) is 77.3 Å². The van der Waals surface area contributed by atoms with Crippen LogP contribution in [0.1, 0.15) is 5.56 Å². The minimum atomic E-state index is 0.546. The molecule has 10 rings (SSSR count). The van der Waals surface area contributed by atoms with Crippen LogP contribution in [0.25, 0.3) is 102 Å². The minimum Gasteiger partial charge on any atom is -0.208 e. The van der Waals surface area contributed by atoms with Crippen molar-refractivity contribution in [2.45, 2.75) is 0 Å². The van der Waals surface area contributed by atoms with Crippen molar-refractivity contribution in [3.8, 4) is 114 Å². The lowest BCUT2D eigenvalue weighted by atomic mass is 9.91. The second kappa shape index (κ2) is 16.9. The maximum absolute atomic E-state index is 5.83. The van der Waals surface area contributed by atoms with E-state index in [-0.39, 0.29) is 0 Å². The summed E-state index contributed by atoms with van der Waals surface area (Å²) in [7, 11) is 0. The van der Waals surface area contributed by atoms with Gasteiger partial charge >= 0.3 is 0 Å². The molecule has 10 aromatic rings. The minimum absolute atomic E-state index is 0.546. The molecule has 8 aromatic carbocycles. The zero-order chi connectivity index (χ0) is 41.7. The van der Waals surface area contributed by atoms with Crippen molar-refractivity contribution in [3.63, 3.8) is 0 Å². The molecule has 0 saturated carbocycles. The lowest BCUT2D eigenvalue weighted by Gasteiger charge is -2.16. The van der Waals surface area contributed by atoms with Crippen LogP contribution in [0.5, 0.6) is 0 Å². The van der Waals surface area contributed by atoms with Crippen molar-refractivity contribution in [3.05, 3.63) is 218 Å². The maximum Gasteiger partial charge on any atom is 0.164 e. The summed E-state index contributed by atoms with van der Waals surface area (Å²) in [6.45, 7) is 0. The Morgan fingerprint density at radius 2 is 0.548 bits per heavy atom. The smallest absolute Gasteiger partial charge is 0.164 e. The van der Waals surface area contributed by atoms with E-state index in [4.69, 9.17) is 36.3 Å². The Bertz CT molecular complexity index is 3160. The van der Waals surface area contributed by atoms with Gasteiger partial charge in [0.15, 0.2) is 34.9 Å². The van der Waals surface area contributed by atoms with Gasteiger partial charge in [-0.05, 0) is 57.6 Å². The van der Waals surface area contributed by atoms with Crippen LogP contribution in [-0.2, 0) is 0 Å². The number of hydrogen-bond donors (Lipinski definition) is 0. The highest BCUT2D eigenvalue weighted by Crippen LogP contribution is 2.40. The number of rotatable bonds is 9. The first-order valence-corrected chi connectivity index (χ1v) is 20.3. The molecule has 6 nitrogen and oxygen atoms in total. The summed E-state index contributed by atoms with van der Waals surface area (Å²) in [5, 5.41) is 0. The molecule has 0 unspecified atom stereocenters. The summed E-state index contributed by atoms with van der Waals surface area (Å²) < 4.78 is 0. The highest BCUT2D eigenvalue weighted by Gasteiger charge is 2.21. The van der Waals surface area contributed by atoms with E-state index < -0.39 is 0 Å². The van der Waals surface area contributed by atoms with E-state index in [0.29, 0.717) is 34.9 Å². The summed E-state index contributed by atoms with van der Waals surface area (Å²) >= 11 is 0. The molecule has 0 atom stereocenters. The van der Waals surface area contributed by atoms with Gasteiger partial charge in [0.1, 0.15) is 0 Å². The molecular weight excluding hydrogens is 757 g/mol. The van der Waals surface area contributed by atoms with Gasteiger partial charge in [0.05, 0.1) is 0 Å². The standard InChI is InChI=1S/C56H36N6/c1-2-38-31-33-40(34-32-38)50-37-44(46-28-16-18-30-48(46)54-58-51(41-21-9-4-10-22-41)57-52(59-54)42-23-11-5-12-24-42)35-36-49(50)56-61-53(43-25-13-6-14-26-43)60-55(62-56)47-29-17-15-27-45(47)39-19-7-3-8-20-39/h1,3-37H. The van der Waals surface area contributed by atoms with E-state index in [9.17, 15) is 0 Å². The lowest BCUT2D eigenvalue weighted by molar-refractivity contribution is 1.07. The molecule has 2 heterocycles. The van der Waals surface area contributed by atoms with E-state index in [2.05, 4.69) is 72.7 Å². The molecule has 0 amide bonds. The molecular formula is C56H36N6. The Labute approximate surface area is 360 Å². The van der Waals surface area contributed by atoms with Crippen molar-refractivity contribution in [2.75, 3.05) is 0 Å². The highest BCUT2D eigenvalue weighted by molar-refractivity contribution is 5.90. The fourth-order valence-corrected chi connectivity index (χ4v) is 7.63. The Hall–Kier alpha value is -8.66. The van der Waals surface area contributed by atoms with Crippen LogP contribution in [-0.4, -0.2) is 29.9 Å². The van der Waals surface area contributed by atoms with Crippen LogP contribution in [0.4, 0.5) is 0 Å². The molecule has 0 radical (unpaired) electrons. The predicted molar refractivity (Wildman–Crippen MR) is 250 cm³/mol. The number of terminal acetylenes is 1. The highest BCUT2D eigenvalue weighted by atomic mass is 15.0. The maximum atomic E-state index is 5.83. The number of benzene rings is 8. The van der Waals surface area contributed by atoms with Crippen LogP contribution in [0.3, 0.4) is 0 Å². The second-order valence-electron chi connectivity index (χ2n) is 14.6. The Morgan fingerprint density at radius 1 is 0.242 bits per heavy atom. The molecule has 0 saturated heterocycles. The largest absolute Gasteiger partial charge is 0.208 e. The van der Waals surface area contributed by atoms with Crippen molar-refractivity contribution in [1.82, 2.24) is 29.9 Å². The third-order valence-electron chi connectivity index (χ3n) is 10.7. The molecule has 0 aliphatic carbocycles. The first kappa shape index (κ1) is 37.6. The van der Waals surface area contributed by atoms with Crippen molar-refractivity contribution < 1.29 is 0 Å². The predicted octanol–water partition coefficient (Wildman–Crippen LogP) is 13.0. The SMILES string of the molecule is C#Cc1ccc(-c2cc(-c3ccccc3-c3nc(-c4ccccc4)nc(-c4ccccc4)n3)ccc2-c2nc(-c3ccccc3)nc(-c3ccccc3-c3ccccc3)n2)cc1. The fraction of sp³-hybridized carbons (Fsp3) is 0. The molecule has 0 bridgehead atoms. The van der Waals surface area contributed by atoms with Crippen LogP contribution in [0, 0.1) is 12.3 Å². The zero-order valence-corrected chi connectivity index (χ0v) is 33.5. The average molecular weight is 793 g/mol. The van der Waals surface area contributed by atoms with Gasteiger partial charge in [0.25, 0.3) is 0 Å². The van der Waals surface area contributed by atoms with Gasteiger partial charge in [-0.3, -0.25) is 0 Å². The van der Waals surface area contributed by atoms with Crippen molar-refractivity contribution in [2.24, 2.45) is 0 Å². The number of hydrogen-bond acceptors (Lipinski definition) is 6. The summed E-state index contributed by atoms with van der Waals surface area (Å²) in [6, 6.07) is 71.4. The van der Waals surface area contributed by atoms with Gasteiger partial charge < -0.3 is 0 Å². The van der Waals surface area contributed by atoms with Crippen LogP contribution < -0.4 is 0 Å². The molecule has 2 aromatic heterocycles. The molecule has 0 N–H and O–H groups in total. The van der Waals surface area contributed by atoms with Gasteiger partial charge in [0, 0.05) is 38.9 Å². The Morgan fingerprint density at radius 3 is 0.984 bits per heavy atom. The van der Waals surface area contributed by atoms with E-state index >= 15 is 0 Å². The van der Waals surface area contributed by atoms with Gasteiger partial charge in [-0.25, -0.2) is 29.9 Å². The monoisotopic (exact) mass is 792 g/mol. The van der Waals surface area contributed by atoms with Crippen LogP contribution >= 0.6 is 0 Å². The molecule has 0 spiro atoms. The van der Waals surface area contributed by atoms with Crippen LogP contribution in [0.15, 0.2) is 212 Å². The van der Waals surface area contributed by atoms with Crippen LogP contribution in [0.2, 0.25) is 0 Å². The fourth-order valence-electron chi connectivity index (χ4n) is 7.63. The lowest BCUT2D eigenvalue weighted by Crippen LogP contribution is -2.02. The summed E-state index contributed by atoms with van der Waals surface area (Å²) in [4.78, 5) is 30.7. The molecule has 6 heteroatoms. The molecule has 0 aliphatic rings. The summed E-state index contributed by atoms with van der Waals surface area (Å²) in [5.74, 6) is 6.24. The molecule has 62 heavy (non-hydrogen) atoms. The van der Waals surface area contributed by atoms with Crippen molar-refractivity contribution in [1.29, 1.82) is 0 Å². The van der Waals surface area contributed by atoms with Gasteiger partial charge in [-0.2, -0.15) is 0 Å². The van der Waals surface area contributed by atoms with E-state index in [1.165, 1.54) is 0 Å². The molecule has 0 fully saturated rings. The number of nitrogens with zero attached hydrogens (tertiary/aromatic N) is 6. The molecule has 0 aliphatic heterocycles. The Balaban J connectivity index is 1.17. The van der Waals surface area contributed by atoms with E-state index in [0.717, 1.165) is 72.3 Å². The van der Waals surface area contributed by atoms with Gasteiger partial charge in [-0.1, -0.05) is 194 Å². The van der Waals surface area contributed by atoms with Gasteiger partial charge in [0.2, 0.25) is 0 Å². The second-order valence-corrected chi connectivity index (χ2v) is 14.6. The zero-order valence-electron chi connectivity index (χ0n) is 33.5. The van der Waals surface area contributed by atoms with E-state index in [1.807, 2.05) is 146 Å². The normalized spacial score (nSPS) is 10.9. The quantitative estimate of drug-likeness (QED) is 0.135. The van der Waals surface area contributed by atoms with Crippen molar-refractivity contribution >= 4 is 0 Å².